The van der Waals surface area contributed by atoms with Gasteiger partial charge in [0.05, 0.1) is 20.3 Å². The number of aliphatic hydroxyl groups excluding tert-OH is 1. The molecule has 1 N–H and O–H groups in total. The zero-order valence-electron chi connectivity index (χ0n) is 10.5. The second-order valence-corrected chi connectivity index (χ2v) is 4.64. The maximum absolute atomic E-state index is 10.2. The molecule has 0 radical (unpaired) electrons. The minimum Gasteiger partial charge on any atom is -0.497 e. The first-order valence-electron chi connectivity index (χ1n) is 6.14. The summed E-state index contributed by atoms with van der Waals surface area (Å²) in [5.74, 6) is 2.32. The molecule has 1 saturated carbocycles. The molecule has 1 fully saturated rings. The summed E-state index contributed by atoms with van der Waals surface area (Å²) in [6.45, 7) is 0. The molecule has 1 unspecified atom stereocenters. The monoisotopic (exact) mass is 236 g/mol. The van der Waals surface area contributed by atoms with Crippen LogP contribution >= 0.6 is 0 Å². The van der Waals surface area contributed by atoms with E-state index in [4.69, 9.17) is 9.47 Å². The molecule has 1 atom stereocenters. The normalized spacial score (nSPS) is 16.6. The highest BCUT2D eigenvalue weighted by Crippen LogP contribution is 2.38. The number of hydrogen-bond donors (Lipinski definition) is 1. The highest BCUT2D eigenvalue weighted by atomic mass is 16.5. The van der Waals surface area contributed by atoms with Crippen LogP contribution in [0.5, 0.6) is 11.5 Å². The van der Waals surface area contributed by atoms with Crippen LogP contribution in [0, 0.1) is 5.92 Å². The van der Waals surface area contributed by atoms with Crippen LogP contribution in [0.3, 0.4) is 0 Å². The van der Waals surface area contributed by atoms with Gasteiger partial charge in [-0.25, -0.2) is 0 Å². The Morgan fingerprint density at radius 2 is 2.06 bits per heavy atom. The number of aliphatic hydroxyl groups is 1. The molecule has 3 nitrogen and oxygen atoms in total. The van der Waals surface area contributed by atoms with Crippen molar-refractivity contribution in [3.05, 3.63) is 23.8 Å². The zero-order chi connectivity index (χ0) is 12.3. The maximum Gasteiger partial charge on any atom is 0.124 e. The minimum absolute atomic E-state index is 0.458. The van der Waals surface area contributed by atoms with Crippen molar-refractivity contribution in [2.24, 2.45) is 5.92 Å². The maximum atomic E-state index is 10.2. The molecule has 0 bridgehead atoms. The molecule has 94 valence electrons. The highest BCUT2D eigenvalue weighted by molar-refractivity contribution is 5.41. The molecule has 0 aliphatic heterocycles. The zero-order valence-corrected chi connectivity index (χ0v) is 10.5. The lowest BCUT2D eigenvalue weighted by Gasteiger charge is -2.15. The second kappa shape index (κ2) is 5.41. The molecular formula is C14H20O3. The lowest BCUT2D eigenvalue weighted by molar-refractivity contribution is 0.158. The smallest absolute Gasteiger partial charge is 0.124 e. The van der Waals surface area contributed by atoms with Crippen LogP contribution in [0.25, 0.3) is 0 Å². The molecule has 0 saturated heterocycles. The van der Waals surface area contributed by atoms with Gasteiger partial charge in [-0.3, -0.25) is 0 Å². The second-order valence-electron chi connectivity index (χ2n) is 4.64. The van der Waals surface area contributed by atoms with E-state index >= 15 is 0 Å². The van der Waals surface area contributed by atoms with Gasteiger partial charge in [-0.1, -0.05) is 12.8 Å². The molecule has 1 aliphatic rings. The lowest BCUT2D eigenvalue weighted by atomic mass is 10.0. The summed E-state index contributed by atoms with van der Waals surface area (Å²) < 4.78 is 10.4. The molecule has 0 aromatic heterocycles. The van der Waals surface area contributed by atoms with Gasteiger partial charge in [-0.05, 0) is 37.0 Å². The standard InChI is InChI=1S/C14H20O3/c1-16-11-6-8-14(17-2)12(9-11)13(15)7-5-10-3-4-10/h6,8-10,13,15H,3-5,7H2,1-2H3. The summed E-state index contributed by atoms with van der Waals surface area (Å²) in [5, 5.41) is 10.2. The van der Waals surface area contributed by atoms with Crippen molar-refractivity contribution in [3.8, 4) is 11.5 Å². The van der Waals surface area contributed by atoms with E-state index in [9.17, 15) is 5.11 Å². The predicted molar refractivity (Wildman–Crippen MR) is 66.5 cm³/mol. The van der Waals surface area contributed by atoms with Crippen LogP contribution < -0.4 is 9.47 Å². The first-order chi connectivity index (χ1) is 8.24. The van der Waals surface area contributed by atoms with Gasteiger partial charge in [0.1, 0.15) is 11.5 Å². The third-order valence-corrected chi connectivity index (χ3v) is 3.34. The van der Waals surface area contributed by atoms with E-state index < -0.39 is 6.10 Å². The van der Waals surface area contributed by atoms with Crippen LogP contribution in [0.2, 0.25) is 0 Å². The fourth-order valence-corrected chi connectivity index (χ4v) is 2.06. The summed E-state index contributed by atoms with van der Waals surface area (Å²) in [7, 11) is 3.25. The van der Waals surface area contributed by atoms with E-state index in [1.807, 2.05) is 18.2 Å². The van der Waals surface area contributed by atoms with Gasteiger partial charge in [0.15, 0.2) is 0 Å². The van der Waals surface area contributed by atoms with Crippen LogP contribution in [0.15, 0.2) is 18.2 Å². The van der Waals surface area contributed by atoms with Crippen LogP contribution in [-0.2, 0) is 0 Å². The summed E-state index contributed by atoms with van der Waals surface area (Å²) in [4.78, 5) is 0. The molecule has 3 heteroatoms. The molecule has 0 heterocycles. The third kappa shape index (κ3) is 3.13. The first kappa shape index (κ1) is 12.2. The fourth-order valence-electron chi connectivity index (χ4n) is 2.06. The van der Waals surface area contributed by atoms with Crippen molar-refractivity contribution in [2.45, 2.75) is 31.8 Å². The number of rotatable bonds is 6. The van der Waals surface area contributed by atoms with Gasteiger partial charge in [0, 0.05) is 5.56 Å². The molecule has 1 aromatic rings. The van der Waals surface area contributed by atoms with E-state index in [2.05, 4.69) is 0 Å². The Morgan fingerprint density at radius 3 is 2.65 bits per heavy atom. The van der Waals surface area contributed by atoms with Crippen molar-refractivity contribution in [2.75, 3.05) is 14.2 Å². The SMILES string of the molecule is COc1ccc(OC)c(C(O)CCC2CC2)c1. The number of benzene rings is 1. The van der Waals surface area contributed by atoms with E-state index in [1.54, 1.807) is 14.2 Å². The molecule has 0 spiro atoms. The average molecular weight is 236 g/mol. The summed E-state index contributed by atoms with van der Waals surface area (Å²) in [6.07, 6.45) is 4.08. The summed E-state index contributed by atoms with van der Waals surface area (Å²) in [6, 6.07) is 5.54. The highest BCUT2D eigenvalue weighted by Gasteiger charge is 2.23. The lowest BCUT2D eigenvalue weighted by Crippen LogP contribution is -2.02. The Morgan fingerprint density at radius 1 is 1.29 bits per heavy atom. The molecular weight excluding hydrogens is 216 g/mol. The van der Waals surface area contributed by atoms with Crippen LogP contribution in [-0.4, -0.2) is 19.3 Å². The van der Waals surface area contributed by atoms with Crippen molar-refractivity contribution < 1.29 is 14.6 Å². The molecule has 1 aliphatic carbocycles. The molecule has 17 heavy (non-hydrogen) atoms. The van der Waals surface area contributed by atoms with Gasteiger partial charge in [0.25, 0.3) is 0 Å². The Balaban J connectivity index is 2.08. The third-order valence-electron chi connectivity index (χ3n) is 3.34. The Kier molecular flexibility index (Phi) is 3.89. The van der Waals surface area contributed by atoms with E-state index in [1.165, 1.54) is 12.8 Å². The van der Waals surface area contributed by atoms with Crippen molar-refractivity contribution in [3.63, 3.8) is 0 Å². The van der Waals surface area contributed by atoms with E-state index in [0.717, 1.165) is 35.8 Å². The number of methoxy groups -OCH3 is 2. The van der Waals surface area contributed by atoms with E-state index in [-0.39, 0.29) is 0 Å². The largest absolute Gasteiger partial charge is 0.497 e. The van der Waals surface area contributed by atoms with Crippen molar-refractivity contribution >= 4 is 0 Å². The Bertz CT molecular complexity index is 372. The van der Waals surface area contributed by atoms with E-state index in [0.29, 0.717) is 0 Å². The summed E-state index contributed by atoms with van der Waals surface area (Å²) >= 11 is 0. The average Bonchev–Trinajstić information content (AvgIpc) is 3.19. The molecule has 1 aromatic carbocycles. The molecule has 2 rings (SSSR count). The van der Waals surface area contributed by atoms with Crippen LogP contribution in [0.1, 0.15) is 37.4 Å². The van der Waals surface area contributed by atoms with Gasteiger partial charge < -0.3 is 14.6 Å². The molecule has 0 amide bonds. The van der Waals surface area contributed by atoms with Crippen LogP contribution in [0.4, 0.5) is 0 Å². The fraction of sp³-hybridized carbons (Fsp3) is 0.571. The Hall–Kier alpha value is -1.22. The van der Waals surface area contributed by atoms with Gasteiger partial charge in [0.2, 0.25) is 0 Å². The quantitative estimate of drug-likeness (QED) is 0.825. The first-order valence-corrected chi connectivity index (χ1v) is 6.14. The Labute approximate surface area is 102 Å². The van der Waals surface area contributed by atoms with Gasteiger partial charge in [-0.15, -0.1) is 0 Å². The number of ether oxygens (including phenoxy) is 2. The number of hydrogen-bond acceptors (Lipinski definition) is 3. The van der Waals surface area contributed by atoms with Crippen molar-refractivity contribution in [1.82, 2.24) is 0 Å². The summed E-state index contributed by atoms with van der Waals surface area (Å²) in [5.41, 5.74) is 0.826. The van der Waals surface area contributed by atoms with Crippen molar-refractivity contribution in [1.29, 1.82) is 0 Å². The topological polar surface area (TPSA) is 38.7 Å². The predicted octanol–water partition coefficient (Wildman–Crippen LogP) is 2.93. The minimum atomic E-state index is -0.458. The van der Waals surface area contributed by atoms with Gasteiger partial charge >= 0.3 is 0 Å². The van der Waals surface area contributed by atoms with Gasteiger partial charge in [-0.2, -0.15) is 0 Å².